The first-order chi connectivity index (χ1) is 8.04. The Labute approximate surface area is 105 Å². The number of halogens is 2. The highest BCUT2D eigenvalue weighted by Gasteiger charge is 2.78. The van der Waals surface area contributed by atoms with Crippen LogP contribution in [0.5, 0.6) is 0 Å². The second-order valence-corrected chi connectivity index (χ2v) is 5.17. The Morgan fingerprint density at radius 2 is 2.00 bits per heavy atom. The van der Waals surface area contributed by atoms with Crippen LogP contribution in [0.1, 0.15) is 19.3 Å². The van der Waals surface area contributed by atoms with Crippen molar-refractivity contribution in [2.75, 3.05) is 25.5 Å². The summed E-state index contributed by atoms with van der Waals surface area (Å²) in [5.74, 6) is -3.16. The smallest absolute Gasteiger partial charge is 0.264 e. The zero-order chi connectivity index (χ0) is 12.5. The SMILES string of the molecule is O=C(NCCS)C1(C2CCOCC2)CC1(F)F. The molecule has 1 heterocycles. The molecule has 1 aliphatic carbocycles. The van der Waals surface area contributed by atoms with Crippen LogP contribution in [-0.2, 0) is 9.53 Å². The number of alkyl halides is 2. The number of nitrogens with one attached hydrogen (secondary N) is 1. The second kappa shape index (κ2) is 4.72. The maximum absolute atomic E-state index is 13.6. The molecule has 0 aromatic rings. The van der Waals surface area contributed by atoms with E-state index in [4.69, 9.17) is 4.74 Å². The molecule has 1 atom stereocenters. The summed E-state index contributed by atoms with van der Waals surface area (Å²) in [5.41, 5.74) is -1.47. The van der Waals surface area contributed by atoms with E-state index < -0.39 is 17.2 Å². The van der Waals surface area contributed by atoms with E-state index >= 15 is 0 Å². The monoisotopic (exact) mass is 265 g/mol. The van der Waals surface area contributed by atoms with Crippen LogP contribution in [0.4, 0.5) is 8.78 Å². The van der Waals surface area contributed by atoms with Crippen molar-refractivity contribution in [1.29, 1.82) is 0 Å². The van der Waals surface area contributed by atoms with Crippen molar-refractivity contribution in [1.82, 2.24) is 5.32 Å². The summed E-state index contributed by atoms with van der Waals surface area (Å²) in [7, 11) is 0. The highest BCUT2D eigenvalue weighted by molar-refractivity contribution is 7.80. The summed E-state index contributed by atoms with van der Waals surface area (Å²) in [4.78, 5) is 11.9. The molecule has 1 saturated carbocycles. The highest BCUT2D eigenvalue weighted by Crippen LogP contribution is 2.66. The lowest BCUT2D eigenvalue weighted by molar-refractivity contribution is -0.135. The topological polar surface area (TPSA) is 38.3 Å². The minimum atomic E-state index is -2.85. The van der Waals surface area contributed by atoms with E-state index in [1.807, 2.05) is 0 Å². The molecule has 0 aromatic heterocycles. The molecule has 1 aliphatic heterocycles. The number of thiol groups is 1. The van der Waals surface area contributed by atoms with Gasteiger partial charge in [-0.25, -0.2) is 8.78 Å². The van der Waals surface area contributed by atoms with E-state index in [9.17, 15) is 13.6 Å². The van der Waals surface area contributed by atoms with Gasteiger partial charge in [0.25, 0.3) is 5.92 Å². The van der Waals surface area contributed by atoms with Gasteiger partial charge >= 0.3 is 0 Å². The molecule has 1 amide bonds. The Bertz CT molecular complexity index is 308. The summed E-state index contributed by atoms with van der Waals surface area (Å²) in [6, 6.07) is 0. The largest absolute Gasteiger partial charge is 0.381 e. The summed E-state index contributed by atoms with van der Waals surface area (Å²) >= 11 is 3.96. The maximum atomic E-state index is 13.6. The third-order valence-corrected chi connectivity index (χ3v) is 3.97. The van der Waals surface area contributed by atoms with Gasteiger partial charge in [-0.05, 0) is 18.8 Å². The van der Waals surface area contributed by atoms with E-state index in [-0.39, 0.29) is 12.3 Å². The van der Waals surface area contributed by atoms with Crippen molar-refractivity contribution < 1.29 is 18.3 Å². The van der Waals surface area contributed by atoms with Gasteiger partial charge in [-0.1, -0.05) is 0 Å². The van der Waals surface area contributed by atoms with Crippen LogP contribution in [0.2, 0.25) is 0 Å². The van der Waals surface area contributed by atoms with E-state index in [1.165, 1.54) is 0 Å². The van der Waals surface area contributed by atoms with Crippen LogP contribution in [-0.4, -0.2) is 37.3 Å². The Morgan fingerprint density at radius 3 is 2.47 bits per heavy atom. The van der Waals surface area contributed by atoms with Gasteiger partial charge in [0.1, 0.15) is 5.41 Å². The van der Waals surface area contributed by atoms with E-state index in [0.717, 1.165) is 0 Å². The molecule has 1 N–H and O–H groups in total. The minimum absolute atomic E-state index is 0.258. The fourth-order valence-corrected chi connectivity index (χ4v) is 2.81. The number of carbonyl (C=O) groups excluding carboxylic acids is 1. The average Bonchev–Trinajstić information content (AvgIpc) is 2.92. The zero-order valence-corrected chi connectivity index (χ0v) is 10.4. The molecule has 17 heavy (non-hydrogen) atoms. The normalized spacial score (nSPS) is 32.2. The van der Waals surface area contributed by atoms with Gasteiger partial charge in [0.05, 0.1) is 0 Å². The van der Waals surface area contributed by atoms with Crippen molar-refractivity contribution in [3.05, 3.63) is 0 Å². The van der Waals surface area contributed by atoms with Gasteiger partial charge in [-0.15, -0.1) is 0 Å². The van der Waals surface area contributed by atoms with Crippen molar-refractivity contribution >= 4 is 18.5 Å². The van der Waals surface area contributed by atoms with Crippen molar-refractivity contribution in [2.45, 2.75) is 25.2 Å². The molecule has 98 valence electrons. The third kappa shape index (κ3) is 2.17. The van der Waals surface area contributed by atoms with Crippen LogP contribution < -0.4 is 5.32 Å². The number of hydrogen-bond acceptors (Lipinski definition) is 3. The number of rotatable bonds is 4. The molecule has 1 unspecified atom stereocenters. The molecular weight excluding hydrogens is 248 g/mol. The maximum Gasteiger partial charge on any atom is 0.264 e. The Kier molecular flexibility index (Phi) is 3.63. The van der Waals surface area contributed by atoms with E-state index in [2.05, 4.69) is 17.9 Å². The quantitative estimate of drug-likeness (QED) is 0.756. The minimum Gasteiger partial charge on any atom is -0.381 e. The first-order valence-electron chi connectivity index (χ1n) is 5.89. The Balaban J connectivity index is 2.08. The third-order valence-electron chi connectivity index (χ3n) is 3.75. The van der Waals surface area contributed by atoms with Crippen LogP contribution in [0.15, 0.2) is 0 Å². The molecule has 2 rings (SSSR count). The van der Waals surface area contributed by atoms with Crippen LogP contribution >= 0.6 is 12.6 Å². The average molecular weight is 265 g/mol. The molecule has 0 radical (unpaired) electrons. The lowest BCUT2D eigenvalue weighted by Gasteiger charge is -2.29. The summed E-state index contributed by atoms with van der Waals surface area (Å²) < 4.78 is 32.3. The standard InChI is InChI=1S/C11H17F2NO2S/c12-11(13)7-10(11,9(15)14-3-6-17)8-1-4-16-5-2-8/h8,17H,1-7H2,(H,14,15). The summed E-state index contributed by atoms with van der Waals surface area (Å²) in [6.45, 7) is 1.29. The Hall–Kier alpha value is -0.360. The van der Waals surface area contributed by atoms with Gasteiger partial charge in [0, 0.05) is 31.9 Å². The highest BCUT2D eigenvalue weighted by atomic mass is 32.1. The number of ether oxygens (including phenoxy) is 1. The van der Waals surface area contributed by atoms with Crippen LogP contribution in [0.3, 0.4) is 0 Å². The lowest BCUT2D eigenvalue weighted by atomic mass is 9.81. The first-order valence-corrected chi connectivity index (χ1v) is 6.52. The van der Waals surface area contributed by atoms with Gasteiger partial charge < -0.3 is 10.1 Å². The van der Waals surface area contributed by atoms with Gasteiger partial charge in [0.2, 0.25) is 5.91 Å². The predicted molar refractivity (Wildman–Crippen MR) is 62.4 cm³/mol. The first kappa shape index (κ1) is 13.1. The molecule has 0 spiro atoms. The van der Waals surface area contributed by atoms with Crippen LogP contribution in [0, 0.1) is 11.3 Å². The number of hydrogen-bond donors (Lipinski definition) is 2. The fourth-order valence-electron chi connectivity index (χ4n) is 2.70. The van der Waals surface area contributed by atoms with Crippen molar-refractivity contribution in [2.24, 2.45) is 11.3 Å². The van der Waals surface area contributed by atoms with E-state index in [0.29, 0.717) is 38.4 Å². The zero-order valence-electron chi connectivity index (χ0n) is 9.55. The predicted octanol–water partition coefficient (Wildman–Crippen LogP) is 1.48. The molecule has 1 saturated heterocycles. The van der Waals surface area contributed by atoms with Gasteiger partial charge in [-0.3, -0.25) is 4.79 Å². The molecular formula is C11H17F2NO2S. The lowest BCUT2D eigenvalue weighted by Crippen LogP contribution is -2.42. The Morgan fingerprint density at radius 1 is 1.41 bits per heavy atom. The molecule has 6 heteroatoms. The summed E-state index contributed by atoms with van der Waals surface area (Å²) in [5, 5.41) is 2.55. The summed E-state index contributed by atoms with van der Waals surface area (Å²) in [6.07, 6.45) is 0.775. The fraction of sp³-hybridized carbons (Fsp3) is 0.909. The molecule has 0 aromatic carbocycles. The van der Waals surface area contributed by atoms with Crippen LogP contribution in [0.25, 0.3) is 0 Å². The number of carbonyl (C=O) groups is 1. The number of amides is 1. The second-order valence-electron chi connectivity index (χ2n) is 4.72. The van der Waals surface area contributed by atoms with E-state index in [1.54, 1.807) is 0 Å². The van der Waals surface area contributed by atoms with Crippen molar-refractivity contribution in [3.8, 4) is 0 Å². The van der Waals surface area contributed by atoms with Crippen molar-refractivity contribution in [3.63, 3.8) is 0 Å². The molecule has 2 aliphatic rings. The van der Waals surface area contributed by atoms with Gasteiger partial charge in [-0.2, -0.15) is 12.6 Å². The molecule has 0 bridgehead atoms. The molecule has 2 fully saturated rings. The van der Waals surface area contributed by atoms with Gasteiger partial charge in [0.15, 0.2) is 0 Å². The molecule has 3 nitrogen and oxygen atoms in total.